The first-order valence-corrected chi connectivity index (χ1v) is 10.5. The highest BCUT2D eigenvalue weighted by Gasteiger charge is 2.42. The number of benzene rings is 1. The van der Waals surface area contributed by atoms with Crippen LogP contribution in [-0.2, 0) is 4.84 Å². The first kappa shape index (κ1) is 21.3. The Hall–Kier alpha value is -2.97. The molecule has 2 atom stereocenters. The van der Waals surface area contributed by atoms with Crippen LogP contribution in [0.5, 0.6) is 5.75 Å². The van der Waals surface area contributed by atoms with Crippen molar-refractivity contribution in [3.8, 4) is 28.1 Å². The summed E-state index contributed by atoms with van der Waals surface area (Å²) in [5.41, 5.74) is 3.07. The van der Waals surface area contributed by atoms with E-state index in [1.165, 1.54) is 0 Å². The van der Waals surface area contributed by atoms with E-state index in [2.05, 4.69) is 53.1 Å². The topological polar surface area (TPSA) is 90.4 Å². The lowest BCUT2D eigenvalue weighted by atomic mass is 9.77. The zero-order valence-electron chi connectivity index (χ0n) is 18.7. The molecule has 4 rings (SSSR count). The second-order valence-corrected chi connectivity index (χ2v) is 8.72. The summed E-state index contributed by atoms with van der Waals surface area (Å²) in [7, 11) is 3.84. The average Bonchev–Trinajstić information content (AvgIpc) is 3.30. The fourth-order valence-corrected chi connectivity index (χ4v) is 4.32. The molecule has 0 bridgehead atoms. The third-order valence-electron chi connectivity index (χ3n) is 6.92. The maximum absolute atomic E-state index is 10.6. The lowest BCUT2D eigenvalue weighted by Gasteiger charge is -2.51. The van der Waals surface area contributed by atoms with Crippen molar-refractivity contribution in [3.05, 3.63) is 42.7 Å². The fourth-order valence-electron chi connectivity index (χ4n) is 4.32. The number of aromatic hydroxyl groups is 1. The van der Waals surface area contributed by atoms with Gasteiger partial charge >= 0.3 is 0 Å². The van der Waals surface area contributed by atoms with Gasteiger partial charge in [0.2, 0.25) is 0 Å². The summed E-state index contributed by atoms with van der Waals surface area (Å²) in [5.74, 6) is 1.18. The molecule has 8 nitrogen and oxygen atoms in total. The van der Waals surface area contributed by atoms with Crippen LogP contribution in [0.2, 0.25) is 0 Å². The summed E-state index contributed by atoms with van der Waals surface area (Å²) in [5, 5.41) is 28.0. The molecule has 3 aromatic rings. The van der Waals surface area contributed by atoms with Gasteiger partial charge in [0.05, 0.1) is 25.0 Å². The zero-order chi connectivity index (χ0) is 22.2. The van der Waals surface area contributed by atoms with E-state index in [4.69, 9.17) is 4.84 Å². The molecule has 0 amide bonds. The molecular weight excluding hydrogens is 392 g/mol. The van der Waals surface area contributed by atoms with Gasteiger partial charge in [-0.05, 0) is 63.1 Å². The summed E-state index contributed by atoms with van der Waals surface area (Å²) in [6.45, 7) is 7.78. The van der Waals surface area contributed by atoms with Crippen LogP contribution in [0.25, 0.3) is 22.4 Å². The van der Waals surface area contributed by atoms with Crippen LogP contribution >= 0.6 is 0 Å². The van der Waals surface area contributed by atoms with Crippen LogP contribution in [0.4, 0.5) is 5.82 Å². The Morgan fingerprint density at radius 1 is 1.19 bits per heavy atom. The molecule has 2 N–H and O–H groups in total. The molecule has 1 aliphatic heterocycles. The third-order valence-corrected chi connectivity index (χ3v) is 6.92. The minimum Gasteiger partial charge on any atom is -0.507 e. The highest BCUT2D eigenvalue weighted by Crippen LogP contribution is 2.37. The predicted octanol–water partition coefficient (Wildman–Crippen LogP) is 3.73. The van der Waals surface area contributed by atoms with Gasteiger partial charge in [0, 0.05) is 29.4 Å². The van der Waals surface area contributed by atoms with Gasteiger partial charge in [-0.15, -0.1) is 10.2 Å². The largest absolute Gasteiger partial charge is 0.507 e. The zero-order valence-corrected chi connectivity index (χ0v) is 18.7. The Labute approximate surface area is 182 Å². The third kappa shape index (κ3) is 3.88. The van der Waals surface area contributed by atoms with Gasteiger partial charge in [-0.2, -0.15) is 5.10 Å². The van der Waals surface area contributed by atoms with Crippen LogP contribution in [0.3, 0.4) is 0 Å². The molecule has 164 valence electrons. The molecule has 1 saturated heterocycles. The standard InChI is InChI=1S/C23H30N6O2/c1-15-20(10-11-28(4)23(15,2)3)29(31-5)22-9-8-19(26-27-22)18-7-6-16(12-21(18)30)17-13-24-25-14-17/h6-9,12-15,20,30H,10-11H2,1-5H3,(H,24,25). The summed E-state index contributed by atoms with van der Waals surface area (Å²) < 4.78 is 0. The molecule has 0 spiro atoms. The highest BCUT2D eigenvalue weighted by atomic mass is 16.7. The first-order valence-electron chi connectivity index (χ1n) is 10.5. The Kier molecular flexibility index (Phi) is 5.68. The first-order chi connectivity index (χ1) is 14.8. The molecule has 0 aliphatic carbocycles. The minimum atomic E-state index is 0.0512. The number of nitrogens with one attached hydrogen (secondary N) is 1. The van der Waals surface area contributed by atoms with Gasteiger partial charge in [-0.25, -0.2) is 5.06 Å². The van der Waals surface area contributed by atoms with Crippen molar-refractivity contribution >= 4 is 5.82 Å². The number of nitrogens with zero attached hydrogens (tertiary/aromatic N) is 5. The van der Waals surface area contributed by atoms with E-state index in [1.54, 1.807) is 25.6 Å². The fraction of sp³-hybridized carbons (Fsp3) is 0.435. The SMILES string of the molecule is CON(c1ccc(-c2ccc(-c3cn[nH]c3)cc2O)nn1)C1CCN(C)C(C)(C)C1C. The van der Waals surface area contributed by atoms with Crippen LogP contribution in [-0.4, -0.2) is 62.7 Å². The van der Waals surface area contributed by atoms with E-state index in [0.717, 1.165) is 24.1 Å². The number of H-pyrrole nitrogens is 1. The Bertz CT molecular complexity index is 1020. The number of hydrogen-bond donors (Lipinski definition) is 2. The summed E-state index contributed by atoms with van der Waals surface area (Å²) in [6.07, 6.45) is 4.48. The summed E-state index contributed by atoms with van der Waals surface area (Å²) in [6, 6.07) is 9.44. The molecule has 3 heterocycles. The maximum atomic E-state index is 10.6. The molecule has 1 aliphatic rings. The quantitative estimate of drug-likeness (QED) is 0.606. The number of hydrogen-bond acceptors (Lipinski definition) is 7. The number of anilines is 1. The molecule has 8 heteroatoms. The molecule has 0 radical (unpaired) electrons. The van der Waals surface area contributed by atoms with Crippen molar-refractivity contribution < 1.29 is 9.94 Å². The lowest BCUT2D eigenvalue weighted by molar-refractivity contribution is 0.00123. The molecule has 2 aromatic heterocycles. The Balaban J connectivity index is 1.57. The number of hydroxylamine groups is 1. The van der Waals surface area contributed by atoms with Crippen molar-refractivity contribution in [2.75, 3.05) is 25.8 Å². The Morgan fingerprint density at radius 2 is 2.00 bits per heavy atom. The number of phenols is 1. The van der Waals surface area contributed by atoms with E-state index in [0.29, 0.717) is 23.0 Å². The summed E-state index contributed by atoms with van der Waals surface area (Å²) in [4.78, 5) is 8.15. The summed E-state index contributed by atoms with van der Waals surface area (Å²) >= 11 is 0. The Morgan fingerprint density at radius 3 is 2.61 bits per heavy atom. The molecule has 31 heavy (non-hydrogen) atoms. The number of aromatic nitrogens is 4. The minimum absolute atomic E-state index is 0.0512. The van der Waals surface area contributed by atoms with Gasteiger partial charge in [0.25, 0.3) is 0 Å². The second kappa shape index (κ2) is 8.28. The molecule has 1 aromatic carbocycles. The van der Waals surface area contributed by atoms with E-state index < -0.39 is 0 Å². The highest BCUT2D eigenvalue weighted by molar-refractivity contribution is 5.73. The normalized spacial score (nSPS) is 21.2. The van der Waals surface area contributed by atoms with Crippen LogP contribution in [0.1, 0.15) is 27.2 Å². The molecule has 2 unspecified atom stereocenters. The van der Waals surface area contributed by atoms with E-state index in [9.17, 15) is 5.11 Å². The molecule has 0 saturated carbocycles. The molecular formula is C23H30N6O2. The number of piperidine rings is 1. The lowest BCUT2D eigenvalue weighted by Crippen LogP contribution is -2.59. The van der Waals surface area contributed by atoms with E-state index in [-0.39, 0.29) is 17.3 Å². The van der Waals surface area contributed by atoms with Crippen molar-refractivity contribution in [1.29, 1.82) is 0 Å². The average molecular weight is 423 g/mol. The second-order valence-electron chi connectivity index (χ2n) is 8.72. The number of likely N-dealkylation sites (tertiary alicyclic amines) is 1. The van der Waals surface area contributed by atoms with Gasteiger partial charge in [0.15, 0.2) is 5.82 Å². The smallest absolute Gasteiger partial charge is 0.175 e. The van der Waals surface area contributed by atoms with Crippen LogP contribution in [0.15, 0.2) is 42.7 Å². The predicted molar refractivity (Wildman–Crippen MR) is 120 cm³/mol. The van der Waals surface area contributed by atoms with Gasteiger partial charge in [0.1, 0.15) is 5.75 Å². The van der Waals surface area contributed by atoms with E-state index >= 15 is 0 Å². The van der Waals surface area contributed by atoms with Gasteiger partial charge < -0.3 is 10.0 Å². The van der Waals surface area contributed by atoms with Crippen molar-refractivity contribution in [1.82, 2.24) is 25.3 Å². The van der Waals surface area contributed by atoms with Gasteiger partial charge in [-0.3, -0.25) is 9.94 Å². The van der Waals surface area contributed by atoms with Crippen molar-refractivity contribution in [2.24, 2.45) is 5.92 Å². The van der Waals surface area contributed by atoms with Crippen molar-refractivity contribution in [3.63, 3.8) is 0 Å². The maximum Gasteiger partial charge on any atom is 0.175 e. The molecule has 1 fully saturated rings. The van der Waals surface area contributed by atoms with Gasteiger partial charge in [-0.1, -0.05) is 13.0 Å². The van der Waals surface area contributed by atoms with Crippen LogP contribution < -0.4 is 5.06 Å². The number of aromatic amines is 1. The van der Waals surface area contributed by atoms with Crippen molar-refractivity contribution in [2.45, 2.75) is 38.8 Å². The number of phenolic OH excluding ortho intramolecular Hbond substituents is 1. The van der Waals surface area contributed by atoms with Crippen LogP contribution in [0, 0.1) is 5.92 Å². The van der Waals surface area contributed by atoms with E-state index in [1.807, 2.05) is 29.3 Å². The monoisotopic (exact) mass is 422 g/mol. The number of rotatable bonds is 5.